The summed E-state index contributed by atoms with van der Waals surface area (Å²) in [7, 11) is 1.69. The fraction of sp³-hybridized carbons (Fsp3) is 0.200. The van der Waals surface area contributed by atoms with E-state index in [4.69, 9.17) is 5.73 Å². The van der Waals surface area contributed by atoms with Gasteiger partial charge in [-0.1, -0.05) is 0 Å². The molecule has 4 heterocycles. The van der Waals surface area contributed by atoms with Gasteiger partial charge in [-0.3, -0.25) is 0 Å². The van der Waals surface area contributed by atoms with Crippen molar-refractivity contribution < 1.29 is 13.2 Å². The molecule has 4 rings (SSSR count). The first-order valence-corrected chi connectivity index (χ1v) is 7.59. The third kappa shape index (κ3) is 2.66. The quantitative estimate of drug-likeness (QED) is 0.580. The third-order valence-electron chi connectivity index (χ3n) is 3.85. The van der Waals surface area contributed by atoms with Crippen LogP contribution in [-0.2, 0) is 6.42 Å². The number of nitrogens with zero attached hydrogens (tertiary/aromatic N) is 6. The molecule has 0 aliphatic carbocycles. The lowest BCUT2D eigenvalue weighted by atomic mass is 10.2. The summed E-state index contributed by atoms with van der Waals surface area (Å²) in [6.07, 6.45) is -2.59. The van der Waals surface area contributed by atoms with Crippen LogP contribution >= 0.6 is 0 Å². The van der Waals surface area contributed by atoms with Gasteiger partial charge in [0.1, 0.15) is 5.52 Å². The summed E-state index contributed by atoms with van der Waals surface area (Å²) < 4.78 is 41.0. The Morgan fingerprint density at radius 1 is 1.19 bits per heavy atom. The molecule has 0 radical (unpaired) electrons. The van der Waals surface area contributed by atoms with E-state index in [1.807, 2.05) is 0 Å². The summed E-state index contributed by atoms with van der Waals surface area (Å²) in [5, 5.41) is 11.4. The van der Waals surface area contributed by atoms with Crippen molar-refractivity contribution >= 4 is 22.9 Å². The number of rotatable bonds is 3. The Bertz CT molecular complexity index is 1110. The van der Waals surface area contributed by atoms with Crippen LogP contribution in [-0.4, -0.2) is 42.4 Å². The molecule has 0 unspecified atom stereocenters. The maximum Gasteiger partial charge on any atom is 0.394 e. The van der Waals surface area contributed by atoms with Gasteiger partial charge in [-0.05, 0) is 18.2 Å². The highest BCUT2D eigenvalue weighted by atomic mass is 19.4. The Morgan fingerprint density at radius 2 is 2.00 bits per heavy atom. The molecule has 8 nitrogen and oxygen atoms in total. The molecule has 0 saturated carbocycles. The summed E-state index contributed by atoms with van der Waals surface area (Å²) in [6, 6.07) is 5.05. The molecule has 134 valence electrons. The maximum absolute atomic E-state index is 12.8. The zero-order valence-corrected chi connectivity index (χ0v) is 13.5. The maximum atomic E-state index is 12.8. The first-order chi connectivity index (χ1) is 12.4. The summed E-state index contributed by atoms with van der Waals surface area (Å²) in [5.41, 5.74) is 7.71. The number of anilines is 2. The molecule has 0 bridgehead atoms. The van der Waals surface area contributed by atoms with Crippen LogP contribution in [0.25, 0.3) is 22.4 Å². The molecule has 0 spiro atoms. The fourth-order valence-electron chi connectivity index (χ4n) is 2.81. The predicted octanol–water partition coefficient (Wildman–Crippen LogP) is 2.17. The van der Waals surface area contributed by atoms with Gasteiger partial charge in [0.25, 0.3) is 0 Å². The van der Waals surface area contributed by atoms with Crippen molar-refractivity contribution in [2.45, 2.75) is 12.6 Å². The van der Waals surface area contributed by atoms with E-state index in [2.05, 4.69) is 25.5 Å². The Kier molecular flexibility index (Phi) is 3.46. The van der Waals surface area contributed by atoms with Crippen molar-refractivity contribution in [3.05, 3.63) is 36.3 Å². The molecule has 4 aromatic heterocycles. The molecule has 0 fully saturated rings. The van der Waals surface area contributed by atoms with Gasteiger partial charge in [0.15, 0.2) is 11.5 Å². The van der Waals surface area contributed by atoms with E-state index in [0.29, 0.717) is 28.2 Å². The first-order valence-electron chi connectivity index (χ1n) is 7.59. The second kappa shape index (κ2) is 5.58. The standard InChI is InChI=1S/C15H13F3N8/c1-20-13-12-9(4-5-25(12)24-14(19)22-13)10-2-3-11-21-7-8(26(11)23-10)6-15(16,17)18/h2-5,7H,6H2,1H3,(H3,19,20,22,24). The molecule has 0 aliphatic rings. The Morgan fingerprint density at radius 3 is 2.73 bits per heavy atom. The minimum Gasteiger partial charge on any atom is -0.371 e. The molecule has 3 N–H and O–H groups in total. The largest absolute Gasteiger partial charge is 0.394 e. The van der Waals surface area contributed by atoms with Gasteiger partial charge in [-0.25, -0.2) is 14.0 Å². The zero-order valence-electron chi connectivity index (χ0n) is 13.5. The molecule has 0 amide bonds. The van der Waals surface area contributed by atoms with Crippen LogP contribution in [0.2, 0.25) is 0 Å². The van der Waals surface area contributed by atoms with Gasteiger partial charge in [-0.15, -0.1) is 5.10 Å². The lowest BCUT2D eigenvalue weighted by molar-refractivity contribution is -0.128. The van der Waals surface area contributed by atoms with Gasteiger partial charge in [-0.2, -0.15) is 23.3 Å². The average molecular weight is 362 g/mol. The van der Waals surface area contributed by atoms with E-state index in [-0.39, 0.29) is 11.6 Å². The number of nitrogen functional groups attached to an aromatic ring is 1. The summed E-state index contributed by atoms with van der Waals surface area (Å²) in [5.74, 6) is 0.579. The van der Waals surface area contributed by atoms with Crippen molar-refractivity contribution in [1.29, 1.82) is 0 Å². The van der Waals surface area contributed by atoms with Gasteiger partial charge < -0.3 is 11.1 Å². The number of hydrogen-bond donors (Lipinski definition) is 2. The molecule has 0 aromatic carbocycles. The third-order valence-corrected chi connectivity index (χ3v) is 3.85. The SMILES string of the molecule is CNc1nc(N)nn2ccc(-c3ccc4ncc(CC(F)(F)F)n4n3)c12. The summed E-state index contributed by atoms with van der Waals surface area (Å²) >= 11 is 0. The van der Waals surface area contributed by atoms with Crippen LogP contribution in [0.3, 0.4) is 0 Å². The minimum absolute atomic E-state index is 0.0350. The van der Waals surface area contributed by atoms with Crippen LogP contribution < -0.4 is 11.1 Å². The van der Waals surface area contributed by atoms with Crippen LogP contribution in [0, 0.1) is 0 Å². The van der Waals surface area contributed by atoms with Crippen LogP contribution in [0.4, 0.5) is 24.9 Å². The molecule has 0 saturated heterocycles. The Balaban J connectivity index is 1.90. The van der Waals surface area contributed by atoms with E-state index in [0.717, 1.165) is 0 Å². The Hall–Kier alpha value is -3.37. The number of nitrogens with one attached hydrogen (secondary N) is 1. The van der Waals surface area contributed by atoms with Crippen molar-refractivity contribution in [3.63, 3.8) is 0 Å². The van der Waals surface area contributed by atoms with Gasteiger partial charge in [0.05, 0.1) is 24.0 Å². The highest BCUT2D eigenvalue weighted by molar-refractivity contribution is 5.87. The van der Waals surface area contributed by atoms with Gasteiger partial charge >= 0.3 is 6.18 Å². The smallest absolute Gasteiger partial charge is 0.371 e. The molecular weight excluding hydrogens is 349 g/mol. The van der Waals surface area contributed by atoms with Gasteiger partial charge in [0.2, 0.25) is 5.95 Å². The molecule has 11 heteroatoms. The second-order valence-electron chi connectivity index (χ2n) is 5.62. The Labute approximate surface area is 144 Å². The lowest BCUT2D eigenvalue weighted by Crippen LogP contribution is -2.14. The molecule has 4 aromatic rings. The molecule has 0 aliphatic heterocycles. The summed E-state index contributed by atoms with van der Waals surface area (Å²) in [6.45, 7) is 0. The van der Waals surface area contributed by atoms with Crippen molar-refractivity contribution in [2.24, 2.45) is 0 Å². The fourth-order valence-corrected chi connectivity index (χ4v) is 2.81. The lowest BCUT2D eigenvalue weighted by Gasteiger charge is -2.08. The highest BCUT2D eigenvalue weighted by Crippen LogP contribution is 2.29. The van der Waals surface area contributed by atoms with Crippen LogP contribution in [0.15, 0.2) is 30.6 Å². The molecule has 0 atom stereocenters. The first kappa shape index (κ1) is 16.1. The molecule has 26 heavy (non-hydrogen) atoms. The number of halogens is 3. The van der Waals surface area contributed by atoms with Crippen LogP contribution in [0.5, 0.6) is 0 Å². The van der Waals surface area contributed by atoms with E-state index in [9.17, 15) is 13.2 Å². The zero-order chi connectivity index (χ0) is 18.5. The van der Waals surface area contributed by atoms with Crippen LogP contribution in [0.1, 0.15) is 5.69 Å². The number of aromatic nitrogens is 6. The van der Waals surface area contributed by atoms with E-state index in [1.54, 1.807) is 36.0 Å². The number of imidazole rings is 1. The van der Waals surface area contributed by atoms with Crippen molar-refractivity contribution in [3.8, 4) is 11.3 Å². The van der Waals surface area contributed by atoms with Crippen molar-refractivity contribution in [2.75, 3.05) is 18.1 Å². The van der Waals surface area contributed by atoms with E-state index >= 15 is 0 Å². The number of nitrogens with two attached hydrogens (primary N) is 1. The van der Waals surface area contributed by atoms with E-state index < -0.39 is 12.6 Å². The molecular formula is C15H13F3N8. The average Bonchev–Trinajstić information content (AvgIpc) is 3.16. The summed E-state index contributed by atoms with van der Waals surface area (Å²) in [4.78, 5) is 8.11. The number of fused-ring (bicyclic) bond motifs is 2. The number of hydrogen-bond acceptors (Lipinski definition) is 6. The minimum atomic E-state index is -4.35. The highest BCUT2D eigenvalue weighted by Gasteiger charge is 2.29. The topological polar surface area (TPSA) is 98.4 Å². The van der Waals surface area contributed by atoms with E-state index in [1.165, 1.54) is 10.7 Å². The number of alkyl halides is 3. The second-order valence-corrected chi connectivity index (χ2v) is 5.62. The monoisotopic (exact) mass is 362 g/mol. The predicted molar refractivity (Wildman–Crippen MR) is 88.7 cm³/mol. The normalized spacial score (nSPS) is 12.2. The van der Waals surface area contributed by atoms with Gasteiger partial charge in [0, 0.05) is 18.8 Å². The van der Waals surface area contributed by atoms with Crippen molar-refractivity contribution in [1.82, 2.24) is 29.2 Å².